The van der Waals surface area contributed by atoms with E-state index >= 15 is 0 Å². The Bertz CT molecular complexity index is 493. The normalized spacial score (nSPS) is 20.8. The highest BCUT2D eigenvalue weighted by Gasteiger charge is 2.24. The molecule has 5 nitrogen and oxygen atoms in total. The highest BCUT2D eigenvalue weighted by Crippen LogP contribution is 2.31. The first kappa shape index (κ1) is 14.9. The van der Waals surface area contributed by atoms with Gasteiger partial charge in [0.15, 0.2) is 5.84 Å². The zero-order chi connectivity index (χ0) is 14.5. The predicted molar refractivity (Wildman–Crippen MR) is 80.7 cm³/mol. The van der Waals surface area contributed by atoms with Gasteiger partial charge in [-0.05, 0) is 25.0 Å². The summed E-state index contributed by atoms with van der Waals surface area (Å²) in [6.07, 6.45) is 4.23. The van der Waals surface area contributed by atoms with Crippen LogP contribution in [0.3, 0.4) is 0 Å². The SMILES string of the molecule is N/C(=N/O)c1c(Cl)cccc1N1CCCCCC1CO. The summed E-state index contributed by atoms with van der Waals surface area (Å²) < 4.78 is 0. The third kappa shape index (κ3) is 2.99. The summed E-state index contributed by atoms with van der Waals surface area (Å²) in [6, 6.07) is 5.49. The fraction of sp³-hybridized carbons (Fsp3) is 0.500. The van der Waals surface area contributed by atoms with Crippen molar-refractivity contribution in [2.24, 2.45) is 10.9 Å². The molecular formula is C14H20ClN3O2. The van der Waals surface area contributed by atoms with Gasteiger partial charge in [-0.25, -0.2) is 0 Å². The second kappa shape index (κ2) is 6.81. The minimum absolute atomic E-state index is 0.00784. The van der Waals surface area contributed by atoms with Crippen LogP contribution in [0.5, 0.6) is 0 Å². The molecule has 1 unspecified atom stereocenters. The lowest BCUT2D eigenvalue weighted by Crippen LogP contribution is -2.39. The molecule has 0 aromatic heterocycles. The average Bonchev–Trinajstić information content (AvgIpc) is 2.71. The van der Waals surface area contributed by atoms with E-state index in [9.17, 15) is 5.11 Å². The molecule has 0 radical (unpaired) electrons. The van der Waals surface area contributed by atoms with Crippen LogP contribution in [0, 0.1) is 0 Å². The molecule has 1 saturated heterocycles. The lowest BCUT2D eigenvalue weighted by atomic mass is 10.1. The molecule has 6 heteroatoms. The Balaban J connectivity index is 2.47. The van der Waals surface area contributed by atoms with Crippen molar-refractivity contribution in [3.8, 4) is 0 Å². The number of amidine groups is 1. The van der Waals surface area contributed by atoms with Gasteiger partial charge in [0.1, 0.15) is 0 Å². The Labute approximate surface area is 123 Å². The Kier molecular flexibility index (Phi) is 5.09. The fourth-order valence-electron chi connectivity index (χ4n) is 2.74. The average molecular weight is 298 g/mol. The van der Waals surface area contributed by atoms with Gasteiger partial charge in [0.2, 0.25) is 0 Å². The molecule has 0 aliphatic carbocycles. The van der Waals surface area contributed by atoms with Gasteiger partial charge in [0.25, 0.3) is 0 Å². The second-order valence-corrected chi connectivity index (χ2v) is 5.41. The zero-order valence-electron chi connectivity index (χ0n) is 11.3. The smallest absolute Gasteiger partial charge is 0.173 e. The summed E-state index contributed by atoms with van der Waals surface area (Å²) in [7, 11) is 0. The van der Waals surface area contributed by atoms with Crippen LogP contribution in [0.25, 0.3) is 0 Å². The maximum absolute atomic E-state index is 9.62. The van der Waals surface area contributed by atoms with Gasteiger partial charge >= 0.3 is 0 Å². The molecule has 110 valence electrons. The van der Waals surface area contributed by atoms with Crippen LogP contribution in [0.15, 0.2) is 23.4 Å². The maximum atomic E-state index is 9.62. The van der Waals surface area contributed by atoms with E-state index in [2.05, 4.69) is 10.1 Å². The number of anilines is 1. The monoisotopic (exact) mass is 297 g/mol. The van der Waals surface area contributed by atoms with Crippen LogP contribution in [0.4, 0.5) is 5.69 Å². The zero-order valence-corrected chi connectivity index (χ0v) is 12.1. The molecule has 1 aliphatic rings. The van der Waals surface area contributed by atoms with Crippen molar-refractivity contribution in [2.75, 3.05) is 18.1 Å². The summed E-state index contributed by atoms with van der Waals surface area (Å²) in [5.74, 6) is -0.00784. The van der Waals surface area contributed by atoms with E-state index in [1.54, 1.807) is 6.07 Å². The van der Waals surface area contributed by atoms with E-state index < -0.39 is 0 Å². The minimum Gasteiger partial charge on any atom is -0.409 e. The quantitative estimate of drug-likeness (QED) is 0.346. The largest absolute Gasteiger partial charge is 0.409 e. The van der Waals surface area contributed by atoms with Crippen molar-refractivity contribution < 1.29 is 10.3 Å². The molecule has 1 fully saturated rings. The number of benzene rings is 1. The molecule has 1 atom stereocenters. The van der Waals surface area contributed by atoms with Crippen LogP contribution in [0.1, 0.15) is 31.2 Å². The van der Waals surface area contributed by atoms with Crippen LogP contribution < -0.4 is 10.6 Å². The Morgan fingerprint density at radius 1 is 1.40 bits per heavy atom. The number of oxime groups is 1. The van der Waals surface area contributed by atoms with Crippen LogP contribution >= 0.6 is 11.6 Å². The van der Waals surface area contributed by atoms with E-state index in [0.29, 0.717) is 10.6 Å². The first-order valence-corrected chi connectivity index (χ1v) is 7.20. The molecule has 0 spiro atoms. The number of nitrogens with two attached hydrogens (primary N) is 1. The van der Waals surface area contributed by atoms with Crippen molar-refractivity contribution in [2.45, 2.75) is 31.7 Å². The van der Waals surface area contributed by atoms with Crippen LogP contribution in [0.2, 0.25) is 5.02 Å². The van der Waals surface area contributed by atoms with Gasteiger partial charge in [-0.15, -0.1) is 0 Å². The van der Waals surface area contributed by atoms with E-state index in [1.807, 2.05) is 12.1 Å². The van der Waals surface area contributed by atoms with Crippen molar-refractivity contribution in [3.05, 3.63) is 28.8 Å². The van der Waals surface area contributed by atoms with Gasteiger partial charge in [-0.2, -0.15) is 0 Å². The molecular weight excluding hydrogens is 278 g/mol. The first-order valence-electron chi connectivity index (χ1n) is 6.83. The van der Waals surface area contributed by atoms with Gasteiger partial charge < -0.3 is 20.9 Å². The van der Waals surface area contributed by atoms with Crippen molar-refractivity contribution in [3.63, 3.8) is 0 Å². The van der Waals surface area contributed by atoms with Crippen LogP contribution in [-0.4, -0.2) is 35.3 Å². The molecule has 0 bridgehead atoms. The summed E-state index contributed by atoms with van der Waals surface area (Å²) in [4.78, 5) is 2.12. The van der Waals surface area contributed by atoms with Gasteiger partial charge in [0.05, 0.1) is 23.2 Å². The maximum Gasteiger partial charge on any atom is 0.173 e. The van der Waals surface area contributed by atoms with Gasteiger partial charge in [0, 0.05) is 12.2 Å². The summed E-state index contributed by atoms with van der Waals surface area (Å²) in [5, 5.41) is 22.1. The minimum atomic E-state index is -0.00784. The summed E-state index contributed by atoms with van der Waals surface area (Å²) in [6.45, 7) is 0.916. The van der Waals surface area contributed by atoms with Crippen molar-refractivity contribution in [1.82, 2.24) is 0 Å². The standard InChI is InChI=1S/C14H20ClN3O2/c15-11-6-4-7-12(13(11)14(16)17-20)18-8-3-1-2-5-10(18)9-19/h4,6-7,10,19-20H,1-3,5,8-9H2,(H2,16,17). The predicted octanol–water partition coefficient (Wildman–Crippen LogP) is 2.18. The highest BCUT2D eigenvalue weighted by atomic mass is 35.5. The molecule has 1 aromatic carbocycles. The summed E-state index contributed by atoms with van der Waals surface area (Å²) >= 11 is 6.19. The van der Waals surface area contributed by atoms with Crippen molar-refractivity contribution >= 4 is 23.1 Å². The highest BCUT2D eigenvalue weighted by molar-refractivity contribution is 6.34. The number of aliphatic hydroxyl groups is 1. The molecule has 4 N–H and O–H groups in total. The molecule has 20 heavy (non-hydrogen) atoms. The molecule has 1 aliphatic heterocycles. The third-order valence-electron chi connectivity index (χ3n) is 3.75. The first-order chi connectivity index (χ1) is 9.69. The molecule has 1 heterocycles. The molecule has 1 aromatic rings. The van der Waals surface area contributed by atoms with E-state index in [0.717, 1.165) is 37.9 Å². The van der Waals surface area contributed by atoms with Crippen LogP contribution in [-0.2, 0) is 0 Å². The van der Waals surface area contributed by atoms with E-state index in [4.69, 9.17) is 22.5 Å². The Hall–Kier alpha value is -1.46. The molecule has 2 rings (SSSR count). The second-order valence-electron chi connectivity index (χ2n) is 5.00. The number of halogens is 1. The molecule has 0 saturated carbocycles. The Morgan fingerprint density at radius 2 is 2.20 bits per heavy atom. The van der Waals surface area contributed by atoms with Gasteiger partial charge in [-0.1, -0.05) is 35.7 Å². The number of hydrogen-bond acceptors (Lipinski definition) is 4. The number of nitrogens with zero attached hydrogens (tertiary/aromatic N) is 2. The lowest BCUT2D eigenvalue weighted by molar-refractivity contribution is 0.255. The number of rotatable bonds is 3. The number of hydrogen-bond donors (Lipinski definition) is 3. The van der Waals surface area contributed by atoms with Crippen molar-refractivity contribution in [1.29, 1.82) is 0 Å². The number of aliphatic hydroxyl groups excluding tert-OH is 1. The van der Waals surface area contributed by atoms with E-state index in [-0.39, 0.29) is 18.5 Å². The topological polar surface area (TPSA) is 82.1 Å². The fourth-order valence-corrected chi connectivity index (χ4v) is 3.01. The summed E-state index contributed by atoms with van der Waals surface area (Å²) in [5.41, 5.74) is 7.09. The lowest BCUT2D eigenvalue weighted by Gasteiger charge is -2.32. The Morgan fingerprint density at radius 3 is 2.90 bits per heavy atom. The molecule has 0 amide bonds. The van der Waals surface area contributed by atoms with E-state index in [1.165, 1.54) is 0 Å². The third-order valence-corrected chi connectivity index (χ3v) is 4.07. The van der Waals surface area contributed by atoms with Gasteiger partial charge in [-0.3, -0.25) is 0 Å².